The molecule has 6 heteroatoms. The summed E-state index contributed by atoms with van der Waals surface area (Å²) < 4.78 is 8.24. The van der Waals surface area contributed by atoms with Crippen molar-refractivity contribution >= 4 is 65.9 Å². The largest absolute Gasteiger partial charge is 0.462 e. The second-order valence-electron chi connectivity index (χ2n) is 3.59. The first-order chi connectivity index (χ1) is 8.58. The number of esters is 1. The minimum Gasteiger partial charge on any atom is -0.462 e. The number of carbonyl (C=O) groups is 1. The van der Waals surface area contributed by atoms with Gasteiger partial charge < -0.3 is 10.5 Å². The maximum atomic E-state index is 12.0. The molecule has 1 aromatic heterocycles. The number of ether oxygens (including phenoxy) is 1. The van der Waals surface area contributed by atoms with Gasteiger partial charge in [-0.15, -0.1) is 11.3 Å². The van der Waals surface area contributed by atoms with Crippen LogP contribution in [0, 0.1) is 3.57 Å². The second-order valence-corrected chi connectivity index (χ2v) is 6.74. The molecule has 0 aliphatic carbocycles. The zero-order chi connectivity index (χ0) is 13.3. The number of nitrogens with two attached hydrogens (primary N) is 1. The lowest BCUT2D eigenvalue weighted by Gasteiger charge is -2.03. The molecular formula is C12H11BrINO2S. The van der Waals surface area contributed by atoms with Gasteiger partial charge in [-0.25, -0.2) is 4.79 Å². The first kappa shape index (κ1) is 14.2. The second kappa shape index (κ2) is 5.85. The van der Waals surface area contributed by atoms with E-state index < -0.39 is 0 Å². The van der Waals surface area contributed by atoms with E-state index in [1.54, 1.807) is 18.3 Å². The smallest absolute Gasteiger partial charge is 0.339 e. The van der Waals surface area contributed by atoms with Crippen LogP contribution in [0.15, 0.2) is 16.6 Å². The van der Waals surface area contributed by atoms with E-state index in [2.05, 4.69) is 38.5 Å². The molecule has 2 N–H and O–H groups in total. The first-order valence-corrected chi connectivity index (χ1v) is 8.04. The molecule has 0 saturated heterocycles. The highest BCUT2D eigenvalue weighted by Crippen LogP contribution is 2.35. The highest BCUT2D eigenvalue weighted by molar-refractivity contribution is 14.1. The van der Waals surface area contributed by atoms with Gasteiger partial charge in [0.2, 0.25) is 0 Å². The number of benzene rings is 1. The molecule has 1 aromatic carbocycles. The zero-order valence-corrected chi connectivity index (χ0v) is 14.2. The van der Waals surface area contributed by atoms with Gasteiger partial charge >= 0.3 is 5.97 Å². The number of hydrogen-bond acceptors (Lipinski definition) is 4. The summed E-state index contributed by atoms with van der Waals surface area (Å²) in [6.45, 7) is 2.52. The molecule has 0 saturated carbocycles. The van der Waals surface area contributed by atoms with Gasteiger partial charge in [0.25, 0.3) is 0 Å². The Labute approximate surface area is 131 Å². The van der Waals surface area contributed by atoms with Crippen molar-refractivity contribution in [1.29, 1.82) is 0 Å². The van der Waals surface area contributed by atoms with E-state index in [-0.39, 0.29) is 5.97 Å². The molecule has 2 aromatic rings. The predicted molar refractivity (Wildman–Crippen MR) is 86.1 cm³/mol. The highest BCUT2D eigenvalue weighted by Gasteiger charge is 2.20. The molecule has 0 unspecified atom stereocenters. The van der Waals surface area contributed by atoms with Crippen LogP contribution < -0.4 is 5.73 Å². The molecule has 0 amide bonds. The Morgan fingerprint density at radius 2 is 2.28 bits per heavy atom. The molecule has 0 fully saturated rings. The van der Waals surface area contributed by atoms with E-state index in [0.29, 0.717) is 18.7 Å². The summed E-state index contributed by atoms with van der Waals surface area (Å²) in [5.74, 6) is -0.290. The number of thiophene rings is 1. The molecule has 3 nitrogen and oxygen atoms in total. The first-order valence-electron chi connectivity index (χ1n) is 5.36. The molecule has 0 bridgehead atoms. The van der Waals surface area contributed by atoms with Crippen molar-refractivity contribution in [2.75, 3.05) is 6.61 Å². The summed E-state index contributed by atoms with van der Waals surface area (Å²) in [6, 6.07) is 4.01. The molecular weight excluding hydrogens is 429 g/mol. The van der Waals surface area contributed by atoms with Gasteiger partial charge in [-0.3, -0.25) is 0 Å². The topological polar surface area (TPSA) is 52.3 Å². The van der Waals surface area contributed by atoms with Gasteiger partial charge in [-0.2, -0.15) is 0 Å². The lowest BCUT2D eigenvalue weighted by Crippen LogP contribution is -2.08. The van der Waals surface area contributed by atoms with Crippen molar-refractivity contribution in [3.05, 3.63) is 30.6 Å². The Morgan fingerprint density at radius 1 is 1.56 bits per heavy atom. The Kier molecular flexibility index (Phi) is 4.63. The van der Waals surface area contributed by atoms with E-state index in [9.17, 15) is 4.79 Å². The third-order valence-electron chi connectivity index (χ3n) is 2.47. The molecule has 96 valence electrons. The number of fused-ring (bicyclic) bond motifs is 1. The molecule has 2 rings (SSSR count). The molecule has 0 spiro atoms. The molecule has 1 heterocycles. The third-order valence-corrected chi connectivity index (χ3v) is 5.93. The summed E-state index contributed by atoms with van der Waals surface area (Å²) in [5, 5.41) is 0.923. The van der Waals surface area contributed by atoms with Crippen LogP contribution in [0.3, 0.4) is 0 Å². The normalized spacial score (nSPS) is 10.9. The number of carbonyl (C=O) groups excluding carboxylic acids is 1. The maximum Gasteiger partial charge on any atom is 0.339 e. The van der Waals surface area contributed by atoms with Gasteiger partial charge in [-0.05, 0) is 57.6 Å². The maximum absolute atomic E-state index is 12.0. The van der Waals surface area contributed by atoms with Crippen molar-refractivity contribution < 1.29 is 9.53 Å². The fourth-order valence-corrected chi connectivity index (χ4v) is 3.77. The summed E-state index contributed by atoms with van der Waals surface area (Å²) in [6.07, 6.45) is 0. The molecule has 0 aliphatic rings. The average Bonchev–Trinajstić information content (AvgIpc) is 2.68. The summed E-state index contributed by atoms with van der Waals surface area (Å²) in [5.41, 5.74) is 6.33. The van der Waals surface area contributed by atoms with Crippen molar-refractivity contribution in [3.8, 4) is 0 Å². The number of rotatable bonds is 3. The monoisotopic (exact) mass is 439 g/mol. The highest BCUT2D eigenvalue weighted by atomic mass is 127. The molecule has 18 heavy (non-hydrogen) atoms. The number of hydrogen-bond donors (Lipinski definition) is 1. The van der Waals surface area contributed by atoms with Crippen LogP contribution in [0.2, 0.25) is 0 Å². The van der Waals surface area contributed by atoms with Crippen LogP contribution in [0.5, 0.6) is 0 Å². The van der Waals surface area contributed by atoms with Gasteiger partial charge in [0.15, 0.2) is 0 Å². The van der Waals surface area contributed by atoms with E-state index >= 15 is 0 Å². The minimum absolute atomic E-state index is 0.290. The van der Waals surface area contributed by atoms with E-state index in [0.717, 1.165) is 23.0 Å². The fraction of sp³-hybridized carbons (Fsp3) is 0.250. The fourth-order valence-electron chi connectivity index (χ4n) is 1.71. The Morgan fingerprint density at radius 3 is 2.89 bits per heavy atom. The van der Waals surface area contributed by atoms with E-state index in [4.69, 9.17) is 10.5 Å². The Balaban J connectivity index is 2.68. The summed E-state index contributed by atoms with van der Waals surface area (Å²) in [4.78, 5) is 12.9. The SMILES string of the molecule is CCOC(=O)c1c(CN)sc2cc(Br)c(I)cc12. The van der Waals surface area contributed by atoms with Crippen LogP contribution in [0.4, 0.5) is 0 Å². The van der Waals surface area contributed by atoms with Gasteiger partial charge in [0, 0.05) is 29.6 Å². The summed E-state index contributed by atoms with van der Waals surface area (Å²) in [7, 11) is 0. The Bertz CT molecular complexity index is 612. The van der Waals surface area contributed by atoms with Crippen LogP contribution >= 0.6 is 49.9 Å². The lowest BCUT2D eigenvalue weighted by atomic mass is 10.1. The van der Waals surface area contributed by atoms with Crippen molar-refractivity contribution in [1.82, 2.24) is 0 Å². The van der Waals surface area contributed by atoms with E-state index in [1.165, 1.54) is 0 Å². The van der Waals surface area contributed by atoms with Crippen molar-refractivity contribution in [2.45, 2.75) is 13.5 Å². The van der Waals surface area contributed by atoms with Gasteiger partial charge in [-0.1, -0.05) is 0 Å². The third kappa shape index (κ3) is 2.56. The molecule has 0 atom stereocenters. The van der Waals surface area contributed by atoms with Gasteiger partial charge in [0.05, 0.1) is 12.2 Å². The standard InChI is InChI=1S/C12H11BrINO2S/c1-2-17-12(16)11-6-3-8(14)7(13)4-9(6)18-10(11)5-15/h3-4H,2,5,15H2,1H3. The predicted octanol–water partition coefficient (Wildman–Crippen LogP) is 3.90. The number of halogens is 2. The summed E-state index contributed by atoms with van der Waals surface area (Å²) >= 11 is 7.26. The Hall–Kier alpha value is -0.180. The van der Waals surface area contributed by atoms with Crippen LogP contribution in [-0.2, 0) is 11.3 Å². The quantitative estimate of drug-likeness (QED) is 0.582. The zero-order valence-electron chi connectivity index (χ0n) is 9.63. The van der Waals surface area contributed by atoms with Crippen LogP contribution in [0.25, 0.3) is 10.1 Å². The molecule has 0 radical (unpaired) electrons. The van der Waals surface area contributed by atoms with Crippen molar-refractivity contribution in [2.24, 2.45) is 5.73 Å². The average molecular weight is 440 g/mol. The van der Waals surface area contributed by atoms with Crippen LogP contribution in [0.1, 0.15) is 22.2 Å². The molecule has 0 aliphatic heterocycles. The van der Waals surface area contributed by atoms with E-state index in [1.807, 2.05) is 12.1 Å². The van der Waals surface area contributed by atoms with Gasteiger partial charge in [0.1, 0.15) is 0 Å². The minimum atomic E-state index is -0.290. The lowest BCUT2D eigenvalue weighted by molar-refractivity contribution is 0.0528. The van der Waals surface area contributed by atoms with Crippen LogP contribution in [-0.4, -0.2) is 12.6 Å². The van der Waals surface area contributed by atoms with Crippen molar-refractivity contribution in [3.63, 3.8) is 0 Å².